The molecule has 5 heteroatoms. The standard InChI is InChI=1S/C19H17N3O2/c23-18(21-13-11-14-6-2-1-3-7-14)19(24)22-16-10-4-8-15-9-5-12-20-17(15)16/h1-10,12H,11,13H2,(H,21,23)(H,22,24). The SMILES string of the molecule is O=C(NCCc1ccccc1)C(=O)Nc1cccc2cccnc12. The molecule has 2 amide bonds. The van der Waals surface area contributed by atoms with E-state index in [1.54, 1.807) is 12.3 Å². The van der Waals surface area contributed by atoms with Crippen molar-refractivity contribution in [1.29, 1.82) is 0 Å². The first-order chi connectivity index (χ1) is 11.7. The summed E-state index contributed by atoms with van der Waals surface area (Å²) in [6.45, 7) is 0.407. The van der Waals surface area contributed by atoms with Crippen molar-refractivity contribution in [2.24, 2.45) is 0 Å². The molecule has 3 rings (SSSR count). The molecule has 2 aromatic carbocycles. The van der Waals surface area contributed by atoms with E-state index < -0.39 is 11.8 Å². The van der Waals surface area contributed by atoms with Crippen LogP contribution in [0.5, 0.6) is 0 Å². The van der Waals surface area contributed by atoms with Gasteiger partial charge in [-0.05, 0) is 24.1 Å². The Labute approximate surface area is 139 Å². The van der Waals surface area contributed by atoms with Gasteiger partial charge in [0.2, 0.25) is 0 Å². The van der Waals surface area contributed by atoms with Gasteiger partial charge in [0.05, 0.1) is 11.2 Å². The van der Waals surface area contributed by atoms with Crippen LogP contribution in [-0.2, 0) is 16.0 Å². The predicted molar refractivity (Wildman–Crippen MR) is 93.5 cm³/mol. The summed E-state index contributed by atoms with van der Waals surface area (Å²) in [5.41, 5.74) is 2.29. The molecule has 0 aliphatic heterocycles. The van der Waals surface area contributed by atoms with Crippen molar-refractivity contribution in [3.63, 3.8) is 0 Å². The Morgan fingerprint density at radius 1 is 0.875 bits per heavy atom. The zero-order chi connectivity index (χ0) is 16.8. The van der Waals surface area contributed by atoms with Crippen molar-refractivity contribution in [3.05, 3.63) is 72.4 Å². The average molecular weight is 319 g/mol. The van der Waals surface area contributed by atoms with E-state index in [9.17, 15) is 9.59 Å². The van der Waals surface area contributed by atoms with Gasteiger partial charge in [-0.15, -0.1) is 0 Å². The fourth-order valence-electron chi connectivity index (χ4n) is 2.43. The second kappa shape index (κ2) is 7.37. The number of aromatic nitrogens is 1. The van der Waals surface area contributed by atoms with Crippen LogP contribution in [0, 0.1) is 0 Å². The van der Waals surface area contributed by atoms with E-state index in [1.165, 1.54) is 0 Å². The molecule has 0 saturated carbocycles. The zero-order valence-electron chi connectivity index (χ0n) is 13.0. The first-order valence-electron chi connectivity index (χ1n) is 7.71. The summed E-state index contributed by atoms with van der Waals surface area (Å²) in [6.07, 6.45) is 2.33. The van der Waals surface area contributed by atoms with Gasteiger partial charge in [0, 0.05) is 18.1 Å². The summed E-state index contributed by atoms with van der Waals surface area (Å²) < 4.78 is 0. The van der Waals surface area contributed by atoms with Gasteiger partial charge in [0.15, 0.2) is 0 Å². The molecule has 2 N–H and O–H groups in total. The number of carbonyl (C=O) groups excluding carboxylic acids is 2. The van der Waals surface area contributed by atoms with Gasteiger partial charge in [-0.25, -0.2) is 0 Å². The van der Waals surface area contributed by atoms with Crippen LogP contribution in [0.15, 0.2) is 66.9 Å². The van der Waals surface area contributed by atoms with E-state index >= 15 is 0 Å². The monoisotopic (exact) mass is 319 g/mol. The average Bonchev–Trinajstić information content (AvgIpc) is 2.63. The highest BCUT2D eigenvalue weighted by molar-refractivity contribution is 6.40. The highest BCUT2D eigenvalue weighted by Crippen LogP contribution is 2.20. The van der Waals surface area contributed by atoms with Crippen molar-refractivity contribution >= 4 is 28.4 Å². The lowest BCUT2D eigenvalue weighted by molar-refractivity contribution is -0.136. The molecule has 0 unspecified atom stereocenters. The maximum atomic E-state index is 12.0. The Kier molecular flexibility index (Phi) is 4.81. The normalized spacial score (nSPS) is 10.3. The molecule has 120 valence electrons. The Bertz CT molecular complexity index is 857. The summed E-state index contributed by atoms with van der Waals surface area (Å²) in [5.74, 6) is -1.35. The van der Waals surface area contributed by atoms with Crippen molar-refractivity contribution in [1.82, 2.24) is 10.3 Å². The second-order valence-corrected chi connectivity index (χ2v) is 5.33. The first-order valence-corrected chi connectivity index (χ1v) is 7.71. The van der Waals surface area contributed by atoms with E-state index in [2.05, 4.69) is 15.6 Å². The lowest BCUT2D eigenvalue weighted by atomic mass is 10.1. The molecule has 24 heavy (non-hydrogen) atoms. The Balaban J connectivity index is 1.59. The molecule has 5 nitrogen and oxygen atoms in total. The van der Waals surface area contributed by atoms with Crippen LogP contribution in [-0.4, -0.2) is 23.3 Å². The third-order valence-electron chi connectivity index (χ3n) is 3.63. The number of carbonyl (C=O) groups is 2. The lowest BCUT2D eigenvalue weighted by Crippen LogP contribution is -2.36. The van der Waals surface area contributed by atoms with Crippen molar-refractivity contribution in [2.45, 2.75) is 6.42 Å². The highest BCUT2D eigenvalue weighted by Gasteiger charge is 2.14. The summed E-state index contributed by atoms with van der Waals surface area (Å²) in [6, 6.07) is 18.9. The van der Waals surface area contributed by atoms with Gasteiger partial charge < -0.3 is 10.6 Å². The molecule has 0 saturated heterocycles. The molecule has 1 heterocycles. The summed E-state index contributed by atoms with van der Waals surface area (Å²) in [7, 11) is 0. The van der Waals surface area contributed by atoms with Gasteiger partial charge in [0.25, 0.3) is 0 Å². The van der Waals surface area contributed by atoms with E-state index in [-0.39, 0.29) is 0 Å². The summed E-state index contributed by atoms with van der Waals surface area (Å²) in [5, 5.41) is 6.15. The third-order valence-corrected chi connectivity index (χ3v) is 3.63. The molecule has 0 atom stereocenters. The largest absolute Gasteiger partial charge is 0.347 e. The molecule has 1 aromatic heterocycles. The number of benzene rings is 2. The van der Waals surface area contributed by atoms with Crippen LogP contribution < -0.4 is 10.6 Å². The van der Waals surface area contributed by atoms with Crippen LogP contribution in [0.4, 0.5) is 5.69 Å². The van der Waals surface area contributed by atoms with Crippen molar-refractivity contribution in [2.75, 3.05) is 11.9 Å². The summed E-state index contributed by atoms with van der Waals surface area (Å²) >= 11 is 0. The van der Waals surface area contributed by atoms with E-state index in [1.807, 2.05) is 54.6 Å². The minimum absolute atomic E-state index is 0.407. The topological polar surface area (TPSA) is 71.1 Å². The molecule has 0 aliphatic rings. The number of amides is 2. The van der Waals surface area contributed by atoms with Gasteiger partial charge in [0.1, 0.15) is 0 Å². The van der Waals surface area contributed by atoms with Gasteiger partial charge in [-0.3, -0.25) is 14.6 Å². The Morgan fingerprint density at radius 2 is 1.67 bits per heavy atom. The molecule has 0 radical (unpaired) electrons. The van der Waals surface area contributed by atoms with Crippen LogP contribution in [0.1, 0.15) is 5.56 Å². The number of nitrogens with zero attached hydrogens (tertiary/aromatic N) is 1. The zero-order valence-corrected chi connectivity index (χ0v) is 13.0. The lowest BCUT2D eigenvalue weighted by Gasteiger charge is -2.08. The number of anilines is 1. The number of pyridine rings is 1. The van der Waals surface area contributed by atoms with Crippen LogP contribution in [0.25, 0.3) is 10.9 Å². The van der Waals surface area contributed by atoms with Crippen LogP contribution in [0.3, 0.4) is 0 Å². The van der Waals surface area contributed by atoms with Crippen LogP contribution >= 0.6 is 0 Å². The fraction of sp³-hybridized carbons (Fsp3) is 0.105. The molecular formula is C19H17N3O2. The Morgan fingerprint density at radius 3 is 2.50 bits per heavy atom. The molecule has 0 fully saturated rings. The maximum absolute atomic E-state index is 12.0. The predicted octanol–water partition coefficient (Wildman–Crippen LogP) is 2.53. The minimum Gasteiger partial charge on any atom is -0.347 e. The number of nitrogens with one attached hydrogen (secondary N) is 2. The minimum atomic E-state index is -0.693. The first kappa shape index (κ1) is 15.7. The van der Waals surface area contributed by atoms with E-state index in [0.717, 1.165) is 10.9 Å². The van der Waals surface area contributed by atoms with E-state index in [0.29, 0.717) is 24.2 Å². The second-order valence-electron chi connectivity index (χ2n) is 5.33. The summed E-state index contributed by atoms with van der Waals surface area (Å²) in [4.78, 5) is 28.2. The van der Waals surface area contributed by atoms with E-state index in [4.69, 9.17) is 0 Å². The Hall–Kier alpha value is -3.21. The van der Waals surface area contributed by atoms with Gasteiger partial charge >= 0.3 is 11.8 Å². The van der Waals surface area contributed by atoms with Crippen LogP contribution in [0.2, 0.25) is 0 Å². The number of para-hydroxylation sites is 1. The molecule has 0 spiro atoms. The molecule has 0 bridgehead atoms. The highest BCUT2D eigenvalue weighted by atomic mass is 16.2. The smallest absolute Gasteiger partial charge is 0.313 e. The van der Waals surface area contributed by atoms with Gasteiger partial charge in [-0.2, -0.15) is 0 Å². The van der Waals surface area contributed by atoms with Crippen molar-refractivity contribution < 1.29 is 9.59 Å². The maximum Gasteiger partial charge on any atom is 0.313 e. The third kappa shape index (κ3) is 3.76. The van der Waals surface area contributed by atoms with Crippen molar-refractivity contribution in [3.8, 4) is 0 Å². The van der Waals surface area contributed by atoms with Gasteiger partial charge in [-0.1, -0.05) is 48.5 Å². The number of rotatable bonds is 4. The number of fused-ring (bicyclic) bond motifs is 1. The quantitative estimate of drug-likeness (QED) is 0.726. The molecule has 0 aliphatic carbocycles. The number of hydrogen-bond acceptors (Lipinski definition) is 3. The molecule has 3 aromatic rings. The number of hydrogen-bond donors (Lipinski definition) is 2. The molecular weight excluding hydrogens is 302 g/mol. The fourth-order valence-corrected chi connectivity index (χ4v) is 2.43.